The van der Waals surface area contributed by atoms with Gasteiger partial charge in [-0.05, 0) is 55.2 Å². The van der Waals surface area contributed by atoms with Gasteiger partial charge in [-0.15, -0.1) is 0 Å². The van der Waals surface area contributed by atoms with Crippen molar-refractivity contribution in [3.63, 3.8) is 0 Å². The molecule has 0 aliphatic carbocycles. The number of rotatable bonds is 2. The van der Waals surface area contributed by atoms with Crippen LogP contribution in [0.1, 0.15) is 37.0 Å². The molecular weight excluding hydrogens is 398 g/mol. The van der Waals surface area contributed by atoms with Crippen molar-refractivity contribution in [2.75, 3.05) is 0 Å². The monoisotopic (exact) mass is 411 g/mol. The van der Waals surface area contributed by atoms with Crippen LogP contribution in [0.3, 0.4) is 0 Å². The van der Waals surface area contributed by atoms with E-state index in [2.05, 4.69) is 5.16 Å². The molecule has 0 amide bonds. The van der Waals surface area contributed by atoms with Crippen molar-refractivity contribution in [1.82, 2.24) is 0 Å². The Morgan fingerprint density at radius 3 is 2.48 bits per heavy atom. The third-order valence-corrected chi connectivity index (χ3v) is 5.20. The number of nitrogens with zero attached hydrogens (tertiary/aromatic N) is 1. The Morgan fingerprint density at radius 2 is 1.81 bits per heavy atom. The number of hydrogen-bond acceptors (Lipinski definition) is 4. The lowest BCUT2D eigenvalue weighted by Crippen LogP contribution is -2.29. The first-order valence-electron chi connectivity index (χ1n) is 8.20. The number of alkyl halides is 1. The van der Waals surface area contributed by atoms with E-state index in [0.29, 0.717) is 11.0 Å². The molecular formula is C18H14BCl2F2NO3. The van der Waals surface area contributed by atoms with Crippen molar-refractivity contribution >= 4 is 41.5 Å². The molecule has 2 aromatic rings. The summed E-state index contributed by atoms with van der Waals surface area (Å²) in [4.78, 5) is 5.01. The number of fused-ring (bicyclic) bond motifs is 1. The van der Waals surface area contributed by atoms with Crippen molar-refractivity contribution in [2.24, 2.45) is 5.16 Å². The predicted molar refractivity (Wildman–Crippen MR) is 99.6 cm³/mol. The normalized spacial score (nSPS) is 23.2. The Morgan fingerprint density at radius 1 is 1.15 bits per heavy atom. The van der Waals surface area contributed by atoms with Crippen LogP contribution in [0.4, 0.5) is 8.78 Å². The molecule has 0 fully saturated rings. The first-order valence-corrected chi connectivity index (χ1v) is 8.95. The summed E-state index contributed by atoms with van der Waals surface area (Å²) in [6, 6.07) is 6.94. The van der Waals surface area contributed by atoms with Gasteiger partial charge in [0.2, 0.25) is 0 Å². The Kier molecular flexibility index (Phi) is 4.27. The fourth-order valence-electron chi connectivity index (χ4n) is 3.42. The van der Waals surface area contributed by atoms with Crippen molar-refractivity contribution in [3.8, 4) is 0 Å². The largest absolute Gasteiger partial charge is 0.492 e. The van der Waals surface area contributed by atoms with Crippen LogP contribution in [0.5, 0.6) is 0 Å². The lowest BCUT2D eigenvalue weighted by molar-refractivity contribution is -0.130. The summed E-state index contributed by atoms with van der Waals surface area (Å²) >= 11 is 11.9. The third-order valence-electron chi connectivity index (χ3n) is 4.76. The summed E-state index contributed by atoms with van der Waals surface area (Å²) in [6.45, 7) is 3.51. The highest BCUT2D eigenvalue weighted by Crippen LogP contribution is 2.41. The van der Waals surface area contributed by atoms with E-state index in [1.807, 2.05) is 0 Å². The lowest BCUT2D eigenvalue weighted by atomic mass is 9.77. The molecule has 27 heavy (non-hydrogen) atoms. The third kappa shape index (κ3) is 3.12. The zero-order valence-electron chi connectivity index (χ0n) is 14.4. The minimum absolute atomic E-state index is 0.0900. The van der Waals surface area contributed by atoms with Gasteiger partial charge in [-0.25, -0.2) is 4.39 Å². The summed E-state index contributed by atoms with van der Waals surface area (Å²) in [7, 11) is -1.21. The number of benzene rings is 2. The molecule has 0 saturated carbocycles. The lowest BCUT2D eigenvalue weighted by Gasteiger charge is -2.20. The van der Waals surface area contributed by atoms with E-state index in [4.69, 9.17) is 32.7 Å². The average Bonchev–Trinajstić information content (AvgIpc) is 3.05. The molecule has 140 valence electrons. The van der Waals surface area contributed by atoms with Crippen LogP contribution in [-0.4, -0.2) is 17.9 Å². The van der Waals surface area contributed by atoms with E-state index < -0.39 is 24.4 Å². The molecule has 0 bridgehead atoms. The molecule has 9 heteroatoms. The molecule has 0 aromatic heterocycles. The summed E-state index contributed by atoms with van der Waals surface area (Å²) in [5, 5.41) is 14.2. The summed E-state index contributed by atoms with van der Waals surface area (Å²) in [5.74, 6) is -2.95. The molecule has 2 aliphatic rings. The van der Waals surface area contributed by atoms with E-state index in [-0.39, 0.29) is 33.3 Å². The van der Waals surface area contributed by atoms with E-state index >= 15 is 4.39 Å². The fourth-order valence-corrected chi connectivity index (χ4v) is 3.94. The van der Waals surface area contributed by atoms with E-state index in [9.17, 15) is 9.41 Å². The minimum Gasteiger partial charge on any atom is -0.423 e. The van der Waals surface area contributed by atoms with E-state index in [0.717, 1.165) is 0 Å². The van der Waals surface area contributed by atoms with Crippen LogP contribution in [0.2, 0.25) is 10.0 Å². The first kappa shape index (κ1) is 18.7. The van der Waals surface area contributed by atoms with Crippen molar-refractivity contribution in [3.05, 3.63) is 62.9 Å². The van der Waals surface area contributed by atoms with Crippen LogP contribution >= 0.6 is 23.2 Å². The second kappa shape index (κ2) is 6.17. The van der Waals surface area contributed by atoms with Crippen molar-refractivity contribution < 1.29 is 23.3 Å². The predicted octanol–water partition coefficient (Wildman–Crippen LogP) is 4.03. The van der Waals surface area contributed by atoms with Gasteiger partial charge >= 0.3 is 13.0 Å². The van der Waals surface area contributed by atoms with Crippen LogP contribution in [0, 0.1) is 5.82 Å². The highest BCUT2D eigenvalue weighted by Gasteiger charge is 2.45. The van der Waals surface area contributed by atoms with Crippen LogP contribution < -0.4 is 5.46 Å². The van der Waals surface area contributed by atoms with Gasteiger partial charge < -0.3 is 14.5 Å². The Labute approximate surface area is 164 Å². The summed E-state index contributed by atoms with van der Waals surface area (Å²) < 4.78 is 35.4. The van der Waals surface area contributed by atoms with E-state index in [1.165, 1.54) is 30.3 Å². The smallest absolute Gasteiger partial charge is 0.423 e. The Bertz CT molecular complexity index is 965. The SMILES string of the molecule is CC1(C)OB(O)c2cc(F)c(C3=NOC(F)(c4cc(Cl)cc(Cl)c4)C3)cc21. The van der Waals surface area contributed by atoms with Gasteiger partial charge in [0, 0.05) is 21.2 Å². The standard InChI is InChI=1S/C18H14BCl2F2NO3/c1-17(2)13-6-12(15(22)7-14(13)19(25)26-17)16-8-18(23,27-24-16)9-3-10(20)5-11(21)4-9/h3-7,25H,8H2,1-2H3. The second-order valence-electron chi connectivity index (χ2n) is 7.09. The molecule has 0 saturated heterocycles. The van der Waals surface area contributed by atoms with Gasteiger partial charge in [-0.2, -0.15) is 4.39 Å². The molecule has 1 atom stereocenters. The maximum Gasteiger partial charge on any atom is 0.492 e. The minimum atomic E-state index is -2.30. The molecule has 2 aliphatic heterocycles. The fraction of sp³-hybridized carbons (Fsp3) is 0.278. The van der Waals surface area contributed by atoms with Crippen LogP contribution in [0.25, 0.3) is 0 Å². The van der Waals surface area contributed by atoms with Crippen LogP contribution in [-0.2, 0) is 20.9 Å². The number of halogens is 4. The zero-order chi connectivity index (χ0) is 19.6. The van der Waals surface area contributed by atoms with Crippen LogP contribution in [0.15, 0.2) is 35.5 Å². The zero-order valence-corrected chi connectivity index (χ0v) is 15.9. The highest BCUT2D eigenvalue weighted by atomic mass is 35.5. The second-order valence-corrected chi connectivity index (χ2v) is 7.97. The maximum absolute atomic E-state index is 15.3. The van der Waals surface area contributed by atoms with Crippen molar-refractivity contribution in [2.45, 2.75) is 31.7 Å². The number of hydrogen-bond donors (Lipinski definition) is 1. The topological polar surface area (TPSA) is 51.0 Å². The van der Waals surface area contributed by atoms with Gasteiger partial charge in [-0.3, -0.25) is 0 Å². The van der Waals surface area contributed by atoms with Gasteiger partial charge in [0.05, 0.1) is 17.7 Å². The van der Waals surface area contributed by atoms with E-state index in [1.54, 1.807) is 13.8 Å². The van der Waals surface area contributed by atoms with Gasteiger partial charge in [0.25, 0.3) is 0 Å². The Hall–Kier alpha value is -1.67. The molecule has 0 radical (unpaired) electrons. The molecule has 1 unspecified atom stereocenters. The Balaban J connectivity index is 1.70. The summed E-state index contributed by atoms with van der Waals surface area (Å²) in [5.41, 5.74) is 0.424. The average molecular weight is 412 g/mol. The van der Waals surface area contributed by atoms with Gasteiger partial charge in [-0.1, -0.05) is 28.4 Å². The first-order chi connectivity index (χ1) is 12.6. The maximum atomic E-state index is 15.3. The molecule has 4 rings (SSSR count). The summed E-state index contributed by atoms with van der Waals surface area (Å²) in [6.07, 6.45) is -0.316. The van der Waals surface area contributed by atoms with Crippen molar-refractivity contribution in [1.29, 1.82) is 0 Å². The highest BCUT2D eigenvalue weighted by molar-refractivity contribution is 6.62. The van der Waals surface area contributed by atoms with Gasteiger partial charge in [0.1, 0.15) is 5.82 Å². The molecule has 1 N–H and O–H groups in total. The number of oxime groups is 1. The molecule has 2 heterocycles. The molecule has 0 spiro atoms. The quantitative estimate of drug-likeness (QED) is 0.759. The molecule has 2 aromatic carbocycles. The van der Waals surface area contributed by atoms with Gasteiger partial charge in [0.15, 0.2) is 0 Å². The molecule has 4 nitrogen and oxygen atoms in total.